The van der Waals surface area contributed by atoms with Gasteiger partial charge in [-0.1, -0.05) is 49.5 Å². The Morgan fingerprint density at radius 1 is 1.41 bits per heavy atom. The number of benzene rings is 1. The molecule has 2 aromatic rings. The Balaban J connectivity index is 1.64. The molecule has 3 nitrogen and oxygen atoms in total. The lowest BCUT2D eigenvalue weighted by atomic mass is 9.68. The van der Waals surface area contributed by atoms with Gasteiger partial charge in [0.15, 0.2) is 5.13 Å². The van der Waals surface area contributed by atoms with Gasteiger partial charge < -0.3 is 5.32 Å². The summed E-state index contributed by atoms with van der Waals surface area (Å²) in [5.41, 5.74) is 1.74. The third-order valence-corrected chi connectivity index (χ3v) is 6.79. The lowest BCUT2D eigenvalue weighted by molar-refractivity contribution is -0.123. The van der Waals surface area contributed by atoms with E-state index >= 15 is 0 Å². The second-order valence-electron chi connectivity index (χ2n) is 7.16. The predicted molar refractivity (Wildman–Crippen MR) is 90.9 cm³/mol. The minimum atomic E-state index is -0.383. The highest BCUT2D eigenvalue weighted by Crippen LogP contribution is 2.65. The van der Waals surface area contributed by atoms with Crippen molar-refractivity contribution in [2.75, 3.05) is 5.32 Å². The maximum Gasteiger partial charge on any atom is 0.236 e. The number of rotatable bonds is 2. The monoisotopic (exact) mass is 312 g/mol. The molecule has 0 saturated heterocycles. The lowest BCUT2D eigenvalue weighted by Crippen LogP contribution is -2.37. The second-order valence-corrected chi connectivity index (χ2v) is 8.19. The van der Waals surface area contributed by atoms with Gasteiger partial charge in [-0.3, -0.25) is 4.79 Å². The average molecular weight is 312 g/mol. The number of nitrogens with zero attached hydrogens (tertiary/aromatic N) is 1. The fourth-order valence-electron chi connectivity index (χ4n) is 4.28. The standard InChI is InChI=1S/C18H20N2OS/c1-11-17(2,3)12-8-9-18(11,10-12)15(21)20-16-19-13-6-4-5-7-14(13)22-16/h4-7,12H,1,8-10H2,2-3H3,(H,19,20,21)/t12-,18-/m1/s1. The smallest absolute Gasteiger partial charge is 0.236 e. The molecule has 114 valence electrons. The molecule has 1 N–H and O–H groups in total. The second kappa shape index (κ2) is 4.42. The average Bonchev–Trinajstić information content (AvgIpc) is 3.14. The van der Waals surface area contributed by atoms with E-state index in [2.05, 4.69) is 30.7 Å². The van der Waals surface area contributed by atoms with Gasteiger partial charge in [-0.25, -0.2) is 4.98 Å². The SMILES string of the molecule is C=C1C(C)(C)[C@@H]2CC[C@@]1(C(=O)Nc1nc3ccccc3s1)C2. The van der Waals surface area contributed by atoms with E-state index in [-0.39, 0.29) is 16.7 Å². The largest absolute Gasteiger partial charge is 0.301 e. The normalized spacial score (nSPS) is 29.2. The fraction of sp³-hybridized carbons (Fsp3) is 0.444. The van der Waals surface area contributed by atoms with Gasteiger partial charge in [0.25, 0.3) is 0 Å². The zero-order chi connectivity index (χ0) is 15.5. The Kier molecular flexibility index (Phi) is 2.80. The number of fused-ring (bicyclic) bond motifs is 3. The molecule has 2 aliphatic rings. The van der Waals surface area contributed by atoms with Gasteiger partial charge in [-0.2, -0.15) is 0 Å². The molecule has 0 radical (unpaired) electrons. The zero-order valence-electron chi connectivity index (χ0n) is 13.0. The van der Waals surface area contributed by atoms with Gasteiger partial charge >= 0.3 is 0 Å². The van der Waals surface area contributed by atoms with Crippen molar-refractivity contribution in [2.45, 2.75) is 33.1 Å². The Morgan fingerprint density at radius 2 is 2.18 bits per heavy atom. The van der Waals surface area contributed by atoms with Crippen LogP contribution in [0.4, 0.5) is 5.13 Å². The molecule has 2 bridgehead atoms. The minimum Gasteiger partial charge on any atom is -0.301 e. The molecule has 0 aliphatic heterocycles. The first kappa shape index (κ1) is 13.9. The molecule has 1 aromatic carbocycles. The van der Waals surface area contributed by atoms with Crippen LogP contribution in [0.5, 0.6) is 0 Å². The van der Waals surface area contributed by atoms with Crippen LogP contribution in [-0.2, 0) is 4.79 Å². The highest BCUT2D eigenvalue weighted by atomic mass is 32.1. The van der Waals surface area contributed by atoms with E-state index < -0.39 is 0 Å². The van der Waals surface area contributed by atoms with Gasteiger partial charge in [0, 0.05) is 0 Å². The van der Waals surface area contributed by atoms with Crippen molar-refractivity contribution in [3.63, 3.8) is 0 Å². The van der Waals surface area contributed by atoms with Crippen LogP contribution in [0.15, 0.2) is 36.4 Å². The van der Waals surface area contributed by atoms with Crippen LogP contribution < -0.4 is 5.32 Å². The van der Waals surface area contributed by atoms with E-state index in [9.17, 15) is 4.79 Å². The highest BCUT2D eigenvalue weighted by molar-refractivity contribution is 7.22. The molecule has 2 saturated carbocycles. The van der Waals surface area contributed by atoms with Gasteiger partial charge in [-0.05, 0) is 42.7 Å². The summed E-state index contributed by atoms with van der Waals surface area (Å²) in [5.74, 6) is 0.672. The van der Waals surface area contributed by atoms with Crippen molar-refractivity contribution in [1.82, 2.24) is 4.98 Å². The van der Waals surface area contributed by atoms with E-state index in [4.69, 9.17) is 0 Å². The molecule has 1 aromatic heterocycles. The summed E-state index contributed by atoms with van der Waals surface area (Å²) < 4.78 is 1.10. The Hall–Kier alpha value is -1.68. The molecule has 0 spiro atoms. The molecule has 22 heavy (non-hydrogen) atoms. The van der Waals surface area contributed by atoms with E-state index in [1.807, 2.05) is 24.3 Å². The maximum absolute atomic E-state index is 13.0. The van der Waals surface area contributed by atoms with Crippen LogP contribution in [-0.4, -0.2) is 10.9 Å². The Bertz CT molecular complexity index is 758. The van der Waals surface area contributed by atoms with Crippen molar-refractivity contribution in [2.24, 2.45) is 16.7 Å². The molecule has 1 heterocycles. The third-order valence-electron chi connectivity index (χ3n) is 5.84. The summed E-state index contributed by atoms with van der Waals surface area (Å²) in [6, 6.07) is 7.97. The van der Waals surface area contributed by atoms with Gasteiger partial charge in [-0.15, -0.1) is 0 Å². The number of carbonyl (C=O) groups excluding carboxylic acids is 1. The Labute approximate surface area is 134 Å². The molecule has 4 heteroatoms. The molecular formula is C18H20N2OS. The van der Waals surface area contributed by atoms with Crippen LogP contribution in [0.3, 0.4) is 0 Å². The molecule has 0 unspecified atom stereocenters. The molecule has 4 rings (SSSR count). The lowest BCUT2D eigenvalue weighted by Gasteiger charge is -2.36. The first-order valence-electron chi connectivity index (χ1n) is 7.80. The Morgan fingerprint density at radius 3 is 2.86 bits per heavy atom. The van der Waals surface area contributed by atoms with Crippen LogP contribution >= 0.6 is 11.3 Å². The number of para-hydroxylation sites is 1. The topological polar surface area (TPSA) is 42.0 Å². The van der Waals surface area contributed by atoms with E-state index in [0.29, 0.717) is 11.0 Å². The summed E-state index contributed by atoms with van der Waals surface area (Å²) in [6.07, 6.45) is 2.99. The van der Waals surface area contributed by atoms with Gasteiger partial charge in [0.05, 0.1) is 15.6 Å². The van der Waals surface area contributed by atoms with Crippen molar-refractivity contribution in [3.05, 3.63) is 36.4 Å². The van der Waals surface area contributed by atoms with Crippen molar-refractivity contribution in [1.29, 1.82) is 0 Å². The quantitative estimate of drug-likeness (QED) is 0.822. The van der Waals surface area contributed by atoms with Crippen LogP contribution in [0.25, 0.3) is 10.2 Å². The van der Waals surface area contributed by atoms with Crippen LogP contribution in [0, 0.1) is 16.7 Å². The summed E-state index contributed by atoms with van der Waals surface area (Å²) >= 11 is 1.54. The zero-order valence-corrected chi connectivity index (χ0v) is 13.8. The summed E-state index contributed by atoms with van der Waals surface area (Å²) in [7, 11) is 0. The number of hydrogen-bond donors (Lipinski definition) is 1. The maximum atomic E-state index is 13.0. The minimum absolute atomic E-state index is 0.0726. The number of nitrogens with one attached hydrogen (secondary N) is 1. The molecular weight excluding hydrogens is 292 g/mol. The molecule has 2 fully saturated rings. The van der Waals surface area contributed by atoms with Gasteiger partial charge in [0.2, 0.25) is 5.91 Å². The number of aromatic nitrogens is 1. The predicted octanol–water partition coefficient (Wildman–Crippen LogP) is 4.62. The fourth-order valence-corrected chi connectivity index (χ4v) is 5.15. The molecule has 2 atom stereocenters. The third kappa shape index (κ3) is 1.73. The van der Waals surface area contributed by atoms with Crippen molar-refractivity contribution < 1.29 is 4.79 Å². The number of amides is 1. The van der Waals surface area contributed by atoms with E-state index in [1.54, 1.807) is 0 Å². The van der Waals surface area contributed by atoms with Crippen molar-refractivity contribution >= 4 is 32.6 Å². The summed E-state index contributed by atoms with van der Waals surface area (Å²) in [6.45, 7) is 8.75. The highest BCUT2D eigenvalue weighted by Gasteiger charge is 2.60. The number of carbonyl (C=O) groups is 1. The molecule has 1 amide bonds. The number of anilines is 1. The summed E-state index contributed by atoms with van der Waals surface area (Å²) in [4.78, 5) is 17.5. The summed E-state index contributed by atoms with van der Waals surface area (Å²) in [5, 5.41) is 3.76. The number of hydrogen-bond acceptors (Lipinski definition) is 3. The van der Waals surface area contributed by atoms with Crippen LogP contribution in [0.2, 0.25) is 0 Å². The first-order chi connectivity index (χ1) is 10.4. The van der Waals surface area contributed by atoms with E-state index in [1.165, 1.54) is 11.3 Å². The van der Waals surface area contributed by atoms with E-state index in [0.717, 1.165) is 35.1 Å². The number of thiazole rings is 1. The van der Waals surface area contributed by atoms with Crippen molar-refractivity contribution in [3.8, 4) is 0 Å². The van der Waals surface area contributed by atoms with Gasteiger partial charge in [0.1, 0.15) is 0 Å². The first-order valence-corrected chi connectivity index (χ1v) is 8.62. The molecule has 2 aliphatic carbocycles. The van der Waals surface area contributed by atoms with Crippen LogP contribution in [0.1, 0.15) is 33.1 Å².